The van der Waals surface area contributed by atoms with Gasteiger partial charge in [0.25, 0.3) is 0 Å². The normalized spacial score (nSPS) is 16.1. The lowest BCUT2D eigenvalue weighted by Gasteiger charge is -2.35. The topological polar surface area (TPSA) is 66.6 Å². The number of nitrogens with zero attached hydrogens (tertiary/aromatic N) is 2. The van der Waals surface area contributed by atoms with Crippen molar-refractivity contribution in [1.82, 2.24) is 4.31 Å². The molecule has 0 amide bonds. The zero-order valence-electron chi connectivity index (χ0n) is 14.4. The molecule has 1 fully saturated rings. The number of anilines is 2. The number of benzene rings is 3. The molecule has 26 heavy (non-hydrogen) atoms. The van der Waals surface area contributed by atoms with Crippen LogP contribution in [0.4, 0.5) is 11.4 Å². The summed E-state index contributed by atoms with van der Waals surface area (Å²) in [4.78, 5) is 2.53. The molecule has 2 N–H and O–H groups in total. The first-order valence-electron chi connectivity index (χ1n) is 8.63. The number of piperazine rings is 1. The molecule has 4 rings (SSSR count). The second-order valence-corrected chi connectivity index (χ2v) is 8.43. The smallest absolute Gasteiger partial charge is 0.243 e. The van der Waals surface area contributed by atoms with E-state index < -0.39 is 10.0 Å². The summed E-state index contributed by atoms with van der Waals surface area (Å²) in [7, 11) is -3.47. The van der Waals surface area contributed by atoms with E-state index in [1.807, 2.05) is 12.1 Å². The van der Waals surface area contributed by atoms with E-state index in [0.717, 1.165) is 5.69 Å². The summed E-state index contributed by atoms with van der Waals surface area (Å²) in [6, 6.07) is 21.0. The molecule has 0 saturated carbocycles. The number of sulfonamides is 1. The second kappa shape index (κ2) is 6.63. The Morgan fingerprint density at radius 1 is 0.769 bits per heavy atom. The molecule has 0 unspecified atom stereocenters. The van der Waals surface area contributed by atoms with Crippen LogP contribution in [-0.2, 0) is 10.0 Å². The standard InChI is InChI=1S/C20H21N3O2S/c21-18-6-9-20(10-7-18)26(24,25)23-13-11-22(12-14-23)19-8-5-16-3-1-2-4-17(16)15-19/h1-10,15H,11-14,21H2. The molecule has 3 aromatic rings. The van der Waals surface area contributed by atoms with Gasteiger partial charge < -0.3 is 10.6 Å². The number of nitrogen functional groups attached to an aromatic ring is 1. The molecule has 1 aliphatic heterocycles. The Morgan fingerprint density at radius 2 is 1.42 bits per heavy atom. The molecule has 0 radical (unpaired) electrons. The van der Waals surface area contributed by atoms with Gasteiger partial charge >= 0.3 is 0 Å². The monoisotopic (exact) mass is 367 g/mol. The van der Waals surface area contributed by atoms with E-state index in [-0.39, 0.29) is 0 Å². The highest BCUT2D eigenvalue weighted by molar-refractivity contribution is 7.89. The van der Waals surface area contributed by atoms with Crippen molar-refractivity contribution < 1.29 is 8.42 Å². The molecule has 0 bridgehead atoms. The van der Waals surface area contributed by atoms with Crippen molar-refractivity contribution in [3.05, 3.63) is 66.7 Å². The summed E-state index contributed by atoms with van der Waals surface area (Å²) in [5, 5.41) is 2.41. The van der Waals surface area contributed by atoms with Crippen molar-refractivity contribution in [2.24, 2.45) is 0 Å². The number of rotatable bonds is 3. The van der Waals surface area contributed by atoms with Crippen LogP contribution in [-0.4, -0.2) is 38.9 Å². The highest BCUT2D eigenvalue weighted by Gasteiger charge is 2.28. The minimum absolute atomic E-state index is 0.297. The van der Waals surface area contributed by atoms with Gasteiger partial charge in [-0.15, -0.1) is 0 Å². The van der Waals surface area contributed by atoms with Gasteiger partial charge in [-0.1, -0.05) is 30.3 Å². The van der Waals surface area contributed by atoms with Crippen LogP contribution in [0.1, 0.15) is 0 Å². The summed E-state index contributed by atoms with van der Waals surface area (Å²) in [5.41, 5.74) is 7.35. The van der Waals surface area contributed by atoms with Crippen LogP contribution in [0.2, 0.25) is 0 Å². The van der Waals surface area contributed by atoms with Gasteiger partial charge in [0.1, 0.15) is 0 Å². The fourth-order valence-corrected chi connectivity index (χ4v) is 4.77. The summed E-state index contributed by atoms with van der Waals surface area (Å²) >= 11 is 0. The van der Waals surface area contributed by atoms with Gasteiger partial charge in [0, 0.05) is 37.6 Å². The highest BCUT2D eigenvalue weighted by Crippen LogP contribution is 2.25. The lowest BCUT2D eigenvalue weighted by molar-refractivity contribution is 0.385. The van der Waals surface area contributed by atoms with Crippen LogP contribution in [0.3, 0.4) is 0 Å². The predicted molar refractivity (Wildman–Crippen MR) is 106 cm³/mol. The third-order valence-corrected chi connectivity index (χ3v) is 6.77. The fourth-order valence-electron chi connectivity index (χ4n) is 3.35. The van der Waals surface area contributed by atoms with Gasteiger partial charge in [0.2, 0.25) is 10.0 Å². The number of hydrogen-bond donors (Lipinski definition) is 1. The van der Waals surface area contributed by atoms with Gasteiger partial charge in [0.05, 0.1) is 4.90 Å². The minimum atomic E-state index is -3.47. The van der Waals surface area contributed by atoms with Crippen molar-refractivity contribution in [1.29, 1.82) is 0 Å². The maximum Gasteiger partial charge on any atom is 0.243 e. The molecule has 1 heterocycles. The zero-order chi connectivity index (χ0) is 18.1. The van der Waals surface area contributed by atoms with Crippen molar-refractivity contribution in [3.8, 4) is 0 Å². The Balaban J connectivity index is 1.50. The molecule has 0 spiro atoms. The van der Waals surface area contributed by atoms with E-state index in [1.165, 1.54) is 10.8 Å². The largest absolute Gasteiger partial charge is 0.399 e. The van der Waals surface area contributed by atoms with E-state index in [1.54, 1.807) is 28.6 Å². The third-order valence-electron chi connectivity index (χ3n) is 4.85. The van der Waals surface area contributed by atoms with Crippen molar-refractivity contribution in [2.75, 3.05) is 36.8 Å². The first-order chi connectivity index (χ1) is 12.5. The Labute approximate surface area is 153 Å². The Hall–Kier alpha value is -2.57. The lowest BCUT2D eigenvalue weighted by Crippen LogP contribution is -2.48. The summed E-state index contributed by atoms with van der Waals surface area (Å²) in [6.45, 7) is 2.29. The van der Waals surface area contributed by atoms with Crippen LogP contribution in [0, 0.1) is 0 Å². The van der Waals surface area contributed by atoms with E-state index in [9.17, 15) is 8.42 Å². The van der Waals surface area contributed by atoms with Gasteiger partial charge in [0.15, 0.2) is 0 Å². The zero-order valence-corrected chi connectivity index (χ0v) is 15.2. The number of fused-ring (bicyclic) bond motifs is 1. The van der Waals surface area contributed by atoms with Crippen LogP contribution >= 0.6 is 0 Å². The first-order valence-corrected chi connectivity index (χ1v) is 10.1. The molecular formula is C20H21N3O2S. The number of nitrogens with two attached hydrogens (primary N) is 1. The summed E-state index contributed by atoms with van der Waals surface area (Å²) in [6.07, 6.45) is 0. The number of hydrogen-bond acceptors (Lipinski definition) is 4. The molecule has 1 aliphatic rings. The maximum atomic E-state index is 12.8. The van der Waals surface area contributed by atoms with E-state index in [0.29, 0.717) is 36.8 Å². The van der Waals surface area contributed by atoms with Gasteiger partial charge in [-0.25, -0.2) is 8.42 Å². The summed E-state index contributed by atoms with van der Waals surface area (Å²) in [5.74, 6) is 0. The van der Waals surface area contributed by atoms with Crippen LogP contribution < -0.4 is 10.6 Å². The van der Waals surface area contributed by atoms with E-state index in [2.05, 4.69) is 35.2 Å². The lowest BCUT2D eigenvalue weighted by atomic mass is 10.1. The second-order valence-electron chi connectivity index (χ2n) is 6.49. The first kappa shape index (κ1) is 16.9. The molecule has 0 aromatic heterocycles. The van der Waals surface area contributed by atoms with Crippen molar-refractivity contribution >= 4 is 32.2 Å². The summed E-state index contributed by atoms with van der Waals surface area (Å²) < 4.78 is 27.1. The van der Waals surface area contributed by atoms with E-state index >= 15 is 0 Å². The van der Waals surface area contributed by atoms with Crippen LogP contribution in [0.15, 0.2) is 71.6 Å². The quantitative estimate of drug-likeness (QED) is 0.723. The van der Waals surface area contributed by atoms with Crippen LogP contribution in [0.25, 0.3) is 10.8 Å². The van der Waals surface area contributed by atoms with Gasteiger partial charge in [-0.05, 0) is 47.2 Å². The van der Waals surface area contributed by atoms with Gasteiger partial charge in [-0.3, -0.25) is 0 Å². The molecule has 3 aromatic carbocycles. The Bertz CT molecular complexity index is 1020. The third kappa shape index (κ3) is 3.13. The fraction of sp³-hybridized carbons (Fsp3) is 0.200. The highest BCUT2D eigenvalue weighted by atomic mass is 32.2. The predicted octanol–water partition coefficient (Wildman–Crippen LogP) is 2.93. The van der Waals surface area contributed by atoms with Gasteiger partial charge in [-0.2, -0.15) is 4.31 Å². The SMILES string of the molecule is Nc1ccc(S(=O)(=O)N2CCN(c3ccc4ccccc4c3)CC2)cc1. The molecule has 0 atom stereocenters. The average molecular weight is 367 g/mol. The molecule has 5 nitrogen and oxygen atoms in total. The molecule has 0 aliphatic carbocycles. The Morgan fingerprint density at radius 3 is 2.12 bits per heavy atom. The molecular weight excluding hydrogens is 346 g/mol. The maximum absolute atomic E-state index is 12.8. The minimum Gasteiger partial charge on any atom is -0.399 e. The molecule has 6 heteroatoms. The van der Waals surface area contributed by atoms with Crippen molar-refractivity contribution in [3.63, 3.8) is 0 Å². The average Bonchev–Trinajstić information content (AvgIpc) is 2.68. The van der Waals surface area contributed by atoms with Crippen LogP contribution in [0.5, 0.6) is 0 Å². The van der Waals surface area contributed by atoms with E-state index in [4.69, 9.17) is 5.73 Å². The molecule has 1 saturated heterocycles. The van der Waals surface area contributed by atoms with Crippen molar-refractivity contribution in [2.45, 2.75) is 4.90 Å². The Kier molecular flexibility index (Phi) is 4.30. The molecule has 134 valence electrons.